The smallest absolute Gasteiger partial charge is 0.393 e. The van der Waals surface area contributed by atoms with E-state index in [4.69, 9.17) is 0 Å². The minimum Gasteiger partial charge on any atom is -0.469 e. The molecule has 1 fully saturated rings. The summed E-state index contributed by atoms with van der Waals surface area (Å²) in [6.45, 7) is 1.71. The molecule has 0 atom stereocenters. The second kappa shape index (κ2) is 13.1. The van der Waals surface area contributed by atoms with Gasteiger partial charge in [-0.25, -0.2) is 4.79 Å². The number of ketones is 2. The number of rotatable bonds is 4. The topological polar surface area (TPSA) is 183 Å². The number of hydrogen-bond donors (Lipinski definition) is 2. The first-order valence-corrected chi connectivity index (χ1v) is 10.1. The molecular formula is C21H21F3N2O10. The lowest BCUT2D eigenvalue weighted by Crippen LogP contribution is -2.39. The lowest BCUT2D eigenvalue weighted by Gasteiger charge is -2.17. The third kappa shape index (κ3) is 10.4. The molecule has 0 bridgehead atoms. The maximum Gasteiger partial charge on any atom is 0.393 e. The van der Waals surface area contributed by atoms with Crippen LogP contribution in [0.1, 0.15) is 54.3 Å². The fourth-order valence-electron chi connectivity index (χ4n) is 2.75. The number of imide groups is 2. The second-order valence-corrected chi connectivity index (χ2v) is 7.24. The number of hydrogen-bond acceptors (Lipinski definition) is 10. The zero-order valence-corrected chi connectivity index (χ0v) is 19.0. The maximum atomic E-state index is 12.3. The molecule has 2 aliphatic rings. The first kappa shape index (κ1) is 29.9. The van der Waals surface area contributed by atoms with Gasteiger partial charge in [-0.15, -0.1) is 0 Å². The van der Waals surface area contributed by atoms with Gasteiger partial charge in [0.1, 0.15) is 18.0 Å². The Morgan fingerprint density at radius 1 is 0.972 bits per heavy atom. The van der Waals surface area contributed by atoms with Gasteiger partial charge in [-0.2, -0.15) is 13.2 Å². The Morgan fingerprint density at radius 3 is 2.00 bits per heavy atom. The van der Waals surface area contributed by atoms with Crippen molar-refractivity contribution < 1.29 is 55.9 Å². The summed E-state index contributed by atoms with van der Waals surface area (Å²) in [5, 5.41) is 3.88. The fraction of sp³-hybridized carbons (Fsp3) is 0.429. The number of methoxy groups -OCH3 is 1. The van der Waals surface area contributed by atoms with Crippen molar-refractivity contribution in [3.63, 3.8) is 0 Å². The van der Waals surface area contributed by atoms with E-state index in [1.807, 2.05) is 10.6 Å². The van der Waals surface area contributed by atoms with Gasteiger partial charge in [-0.1, -0.05) is 6.92 Å². The molecule has 3 rings (SSSR count). The van der Waals surface area contributed by atoms with Crippen molar-refractivity contribution in [3.8, 4) is 0 Å². The van der Waals surface area contributed by atoms with E-state index in [1.165, 1.54) is 7.11 Å². The number of ether oxygens (including phenoxy) is 1. The molecule has 0 unspecified atom stereocenters. The Morgan fingerprint density at radius 2 is 1.53 bits per heavy atom. The van der Waals surface area contributed by atoms with Gasteiger partial charge in [0, 0.05) is 12.5 Å². The molecule has 3 heterocycles. The molecule has 0 aliphatic carbocycles. The van der Waals surface area contributed by atoms with Crippen LogP contribution in [-0.2, 0) is 46.3 Å². The van der Waals surface area contributed by atoms with E-state index < -0.39 is 59.8 Å². The van der Waals surface area contributed by atoms with Gasteiger partial charge in [-0.05, 0) is 5.56 Å². The molecule has 36 heavy (non-hydrogen) atoms. The lowest BCUT2D eigenvalue weighted by atomic mass is 9.99. The fourth-order valence-corrected chi connectivity index (χ4v) is 2.75. The minimum absolute atomic E-state index is 0.0816. The number of fused-ring (bicyclic) bond motifs is 1. The second-order valence-electron chi connectivity index (χ2n) is 7.24. The molecule has 196 valence electrons. The van der Waals surface area contributed by atoms with E-state index in [9.17, 15) is 51.5 Å². The van der Waals surface area contributed by atoms with Crippen LogP contribution in [0, 0.1) is 0 Å². The van der Waals surface area contributed by atoms with E-state index in [0.717, 1.165) is 0 Å². The zero-order chi connectivity index (χ0) is 27.6. The predicted octanol–water partition coefficient (Wildman–Crippen LogP) is 0.0778. The maximum absolute atomic E-state index is 12.3. The van der Waals surface area contributed by atoms with Crippen molar-refractivity contribution in [3.05, 3.63) is 33.4 Å². The van der Waals surface area contributed by atoms with E-state index in [-0.39, 0.29) is 42.2 Å². The Balaban J connectivity index is 0.000000303. The number of carbonyl (C=O) groups is 7. The SMILES string of the molecule is CCC(=O)CC(=O)OC.O=C1CC(=O)NC(=O)C1.O=C1Cc2oc(=O)cc(CC(F)(F)F)c2C(=O)N1. The number of Topliss-reactive ketones (excluding diaryl/α,β-unsaturated/α-hetero) is 2. The zero-order valence-electron chi connectivity index (χ0n) is 19.0. The predicted molar refractivity (Wildman–Crippen MR) is 110 cm³/mol. The van der Waals surface area contributed by atoms with Crippen LogP contribution in [0.3, 0.4) is 0 Å². The number of carbonyl (C=O) groups excluding carboxylic acids is 7. The van der Waals surface area contributed by atoms with Crippen molar-refractivity contribution in [1.29, 1.82) is 0 Å². The highest BCUT2D eigenvalue weighted by molar-refractivity contribution is 6.16. The van der Waals surface area contributed by atoms with E-state index >= 15 is 0 Å². The number of amides is 4. The first-order chi connectivity index (χ1) is 16.6. The van der Waals surface area contributed by atoms with E-state index in [0.29, 0.717) is 12.5 Å². The van der Waals surface area contributed by atoms with Gasteiger partial charge < -0.3 is 9.15 Å². The van der Waals surface area contributed by atoms with Crippen LogP contribution in [0.25, 0.3) is 0 Å². The van der Waals surface area contributed by atoms with Gasteiger partial charge >= 0.3 is 17.8 Å². The largest absolute Gasteiger partial charge is 0.469 e. The number of alkyl halides is 3. The van der Waals surface area contributed by atoms with Crippen molar-refractivity contribution in [2.75, 3.05) is 7.11 Å². The Labute approximate surface area is 200 Å². The van der Waals surface area contributed by atoms with Crippen molar-refractivity contribution in [2.45, 2.75) is 51.6 Å². The Hall–Kier alpha value is -4.17. The summed E-state index contributed by atoms with van der Waals surface area (Å²) in [4.78, 5) is 85.4. The van der Waals surface area contributed by atoms with Crippen LogP contribution in [0.2, 0.25) is 0 Å². The number of nitrogens with one attached hydrogen (secondary N) is 2. The van der Waals surface area contributed by atoms with Gasteiger partial charge in [0.15, 0.2) is 5.78 Å². The number of halogens is 3. The highest BCUT2D eigenvalue weighted by atomic mass is 19.4. The van der Waals surface area contributed by atoms with Crippen molar-refractivity contribution in [2.24, 2.45) is 0 Å². The van der Waals surface area contributed by atoms with Crippen LogP contribution < -0.4 is 16.3 Å². The summed E-state index contributed by atoms with van der Waals surface area (Å²) in [5.41, 5.74) is -1.89. The van der Waals surface area contributed by atoms with Gasteiger partial charge in [-0.3, -0.25) is 44.2 Å². The summed E-state index contributed by atoms with van der Waals surface area (Å²) in [6, 6.07) is 0.613. The molecule has 4 amide bonds. The summed E-state index contributed by atoms with van der Waals surface area (Å²) >= 11 is 0. The molecule has 15 heteroatoms. The van der Waals surface area contributed by atoms with Crippen molar-refractivity contribution >= 4 is 41.2 Å². The van der Waals surface area contributed by atoms with E-state index in [2.05, 4.69) is 9.15 Å². The summed E-state index contributed by atoms with van der Waals surface area (Å²) in [5.74, 6) is -3.85. The van der Waals surface area contributed by atoms with E-state index in [1.54, 1.807) is 6.92 Å². The van der Waals surface area contributed by atoms with Crippen LogP contribution in [0.15, 0.2) is 15.3 Å². The van der Waals surface area contributed by atoms with Crippen molar-refractivity contribution in [1.82, 2.24) is 10.6 Å². The van der Waals surface area contributed by atoms with Crippen LogP contribution >= 0.6 is 0 Å². The van der Waals surface area contributed by atoms with Crippen LogP contribution in [0.5, 0.6) is 0 Å². The van der Waals surface area contributed by atoms with Gasteiger partial charge in [0.25, 0.3) is 5.91 Å². The average Bonchev–Trinajstić information content (AvgIpc) is 2.71. The number of piperidine rings is 1. The van der Waals surface area contributed by atoms with Crippen LogP contribution in [-0.4, -0.2) is 54.5 Å². The quantitative estimate of drug-likeness (QED) is 0.314. The average molecular weight is 518 g/mol. The summed E-state index contributed by atoms with van der Waals surface area (Å²) in [6.07, 6.45) is -6.41. The normalized spacial score (nSPS) is 14.8. The highest BCUT2D eigenvalue weighted by Gasteiger charge is 2.34. The molecule has 2 aliphatic heterocycles. The molecular weight excluding hydrogens is 497 g/mol. The standard InChI is InChI=1S/C10H6F3NO4.C6H10O3.C5H5NO3/c11-10(12,13)3-4-1-7(16)18-5-2-6(15)14-9(17)8(4)5;1-3-5(7)4-6(8)9-2;7-3-1-4(8)6-5(9)2-3/h1H,2-3H2,(H,14,15,17);3-4H2,1-2H3;1-2H2,(H,6,8,9). The first-order valence-electron chi connectivity index (χ1n) is 10.1. The monoisotopic (exact) mass is 518 g/mol. The summed E-state index contributed by atoms with van der Waals surface area (Å²) < 4.78 is 45.8. The molecule has 1 aromatic heterocycles. The molecule has 1 aromatic rings. The summed E-state index contributed by atoms with van der Waals surface area (Å²) in [7, 11) is 1.27. The molecule has 0 spiro atoms. The molecule has 0 aromatic carbocycles. The van der Waals surface area contributed by atoms with Crippen LogP contribution in [0.4, 0.5) is 13.2 Å². The minimum atomic E-state index is -4.57. The number of esters is 1. The lowest BCUT2D eigenvalue weighted by molar-refractivity contribution is -0.144. The Bertz CT molecular complexity index is 1080. The Kier molecular flexibility index (Phi) is 10.8. The molecule has 2 N–H and O–H groups in total. The van der Waals surface area contributed by atoms with Gasteiger partial charge in [0.05, 0.1) is 38.4 Å². The third-order valence-corrected chi connectivity index (χ3v) is 4.27. The molecule has 0 saturated carbocycles. The molecule has 12 nitrogen and oxygen atoms in total. The third-order valence-electron chi connectivity index (χ3n) is 4.27. The molecule has 1 saturated heterocycles. The van der Waals surface area contributed by atoms with Gasteiger partial charge in [0.2, 0.25) is 17.7 Å². The highest BCUT2D eigenvalue weighted by Crippen LogP contribution is 2.25. The molecule has 0 radical (unpaired) electrons.